The summed E-state index contributed by atoms with van der Waals surface area (Å²) in [6.45, 7) is 0. The highest BCUT2D eigenvalue weighted by Gasteiger charge is 2.14. The molecule has 1 N–H and O–H groups in total. The van der Waals surface area contributed by atoms with E-state index in [9.17, 15) is 8.42 Å². The highest BCUT2D eigenvalue weighted by atomic mass is 79.9. The van der Waals surface area contributed by atoms with E-state index in [4.69, 9.17) is 11.6 Å². The first-order valence-corrected chi connectivity index (χ1v) is 7.39. The largest absolute Gasteiger partial charge is 0.263 e. The van der Waals surface area contributed by atoms with E-state index in [1.165, 1.54) is 36.7 Å². The Kier molecular flexibility index (Phi) is 3.84. The van der Waals surface area contributed by atoms with Crippen LogP contribution >= 0.6 is 27.5 Å². The molecular formula is C10H7BrClN3O2S. The van der Waals surface area contributed by atoms with Crippen LogP contribution in [0, 0.1) is 0 Å². The highest BCUT2D eigenvalue weighted by Crippen LogP contribution is 2.17. The van der Waals surface area contributed by atoms with E-state index in [-0.39, 0.29) is 10.7 Å². The molecule has 0 unspecified atom stereocenters. The summed E-state index contributed by atoms with van der Waals surface area (Å²) < 4.78 is 26.8. The standard InChI is InChI=1S/C10H7BrClN3O2S/c11-9-5-14-10(6-13-9)15-18(16,17)8-3-1-7(12)2-4-8/h1-6H,(H,14,15). The van der Waals surface area contributed by atoms with Gasteiger partial charge in [0.2, 0.25) is 0 Å². The first kappa shape index (κ1) is 13.3. The Morgan fingerprint density at radius 2 is 1.78 bits per heavy atom. The summed E-state index contributed by atoms with van der Waals surface area (Å²) >= 11 is 8.81. The van der Waals surface area contributed by atoms with Gasteiger partial charge in [0, 0.05) is 5.02 Å². The Labute approximate surface area is 117 Å². The molecule has 18 heavy (non-hydrogen) atoms. The number of hydrogen-bond donors (Lipinski definition) is 1. The summed E-state index contributed by atoms with van der Waals surface area (Å²) in [6, 6.07) is 5.83. The molecule has 0 fully saturated rings. The van der Waals surface area contributed by atoms with Crippen LogP contribution in [0.2, 0.25) is 5.02 Å². The summed E-state index contributed by atoms with van der Waals surface area (Å²) in [5.74, 6) is 0.146. The average Bonchev–Trinajstić information content (AvgIpc) is 2.32. The maximum atomic E-state index is 12.0. The van der Waals surface area contributed by atoms with Crippen LogP contribution < -0.4 is 4.72 Å². The predicted molar refractivity (Wildman–Crippen MR) is 72.0 cm³/mol. The van der Waals surface area contributed by atoms with Crippen LogP contribution in [-0.4, -0.2) is 18.4 Å². The van der Waals surface area contributed by atoms with Crippen molar-refractivity contribution >= 4 is 43.4 Å². The smallest absolute Gasteiger partial charge is 0.262 e. The van der Waals surface area contributed by atoms with Gasteiger partial charge >= 0.3 is 0 Å². The second-order valence-electron chi connectivity index (χ2n) is 3.28. The van der Waals surface area contributed by atoms with Crippen LogP contribution in [0.15, 0.2) is 46.2 Å². The van der Waals surface area contributed by atoms with Crippen molar-refractivity contribution in [3.63, 3.8) is 0 Å². The normalized spacial score (nSPS) is 11.2. The van der Waals surface area contributed by atoms with Gasteiger partial charge in [-0.15, -0.1) is 0 Å². The van der Waals surface area contributed by atoms with Crippen LogP contribution in [0.1, 0.15) is 0 Å². The topological polar surface area (TPSA) is 72.0 Å². The molecular weight excluding hydrogens is 342 g/mol. The maximum Gasteiger partial charge on any atom is 0.263 e. The van der Waals surface area contributed by atoms with Gasteiger partial charge in [0.05, 0.1) is 17.3 Å². The Morgan fingerprint density at radius 1 is 1.11 bits per heavy atom. The Hall–Kier alpha value is -1.18. The molecule has 8 heteroatoms. The van der Waals surface area contributed by atoms with E-state index in [1.807, 2.05) is 0 Å². The fourth-order valence-electron chi connectivity index (χ4n) is 1.18. The van der Waals surface area contributed by atoms with Crippen molar-refractivity contribution in [2.75, 3.05) is 4.72 Å². The molecule has 0 radical (unpaired) electrons. The van der Waals surface area contributed by atoms with Gasteiger partial charge in [0.1, 0.15) is 4.60 Å². The number of halogens is 2. The third-order valence-corrected chi connectivity index (χ3v) is 4.02. The van der Waals surface area contributed by atoms with Crippen molar-refractivity contribution < 1.29 is 8.42 Å². The van der Waals surface area contributed by atoms with E-state index in [0.717, 1.165) is 0 Å². The zero-order valence-corrected chi connectivity index (χ0v) is 12.0. The number of hydrogen-bond acceptors (Lipinski definition) is 4. The molecule has 0 saturated heterocycles. The Morgan fingerprint density at radius 3 is 2.33 bits per heavy atom. The number of aromatic nitrogens is 2. The van der Waals surface area contributed by atoms with Gasteiger partial charge in [0.15, 0.2) is 5.82 Å². The number of benzene rings is 1. The van der Waals surface area contributed by atoms with Crippen molar-refractivity contribution in [2.24, 2.45) is 0 Å². The van der Waals surface area contributed by atoms with Crippen molar-refractivity contribution in [3.05, 3.63) is 46.3 Å². The quantitative estimate of drug-likeness (QED) is 0.925. The van der Waals surface area contributed by atoms with Crippen LogP contribution in [0.3, 0.4) is 0 Å². The molecule has 0 saturated carbocycles. The van der Waals surface area contributed by atoms with Crippen LogP contribution in [0.5, 0.6) is 0 Å². The molecule has 94 valence electrons. The molecule has 1 aromatic heterocycles. The van der Waals surface area contributed by atoms with Gasteiger partial charge in [-0.3, -0.25) is 4.72 Å². The lowest BCUT2D eigenvalue weighted by atomic mass is 10.4. The maximum absolute atomic E-state index is 12.0. The van der Waals surface area contributed by atoms with Crippen molar-refractivity contribution in [1.29, 1.82) is 0 Å². The molecule has 5 nitrogen and oxygen atoms in total. The Balaban J connectivity index is 2.27. The second kappa shape index (κ2) is 5.21. The first-order valence-electron chi connectivity index (χ1n) is 4.73. The number of nitrogens with one attached hydrogen (secondary N) is 1. The van der Waals surface area contributed by atoms with E-state index in [1.54, 1.807) is 0 Å². The van der Waals surface area contributed by atoms with E-state index >= 15 is 0 Å². The van der Waals surface area contributed by atoms with E-state index in [2.05, 4.69) is 30.6 Å². The van der Waals surface area contributed by atoms with Crippen LogP contribution in [0.4, 0.5) is 5.82 Å². The highest BCUT2D eigenvalue weighted by molar-refractivity contribution is 9.10. The monoisotopic (exact) mass is 347 g/mol. The summed E-state index contributed by atoms with van der Waals surface area (Å²) in [5, 5.41) is 0.470. The SMILES string of the molecule is O=S(=O)(Nc1cnc(Br)cn1)c1ccc(Cl)cc1. The minimum absolute atomic E-state index is 0.108. The molecule has 0 bridgehead atoms. The van der Waals surface area contributed by atoms with Gasteiger partial charge in [-0.2, -0.15) is 0 Å². The number of anilines is 1. The minimum Gasteiger partial charge on any atom is -0.262 e. The van der Waals surface area contributed by atoms with E-state index < -0.39 is 10.0 Å². The fourth-order valence-corrected chi connectivity index (χ4v) is 2.50. The number of sulfonamides is 1. The molecule has 0 aliphatic rings. The zero-order chi connectivity index (χ0) is 13.2. The molecule has 0 aliphatic heterocycles. The minimum atomic E-state index is -3.67. The first-order chi connectivity index (χ1) is 8.47. The summed E-state index contributed by atoms with van der Waals surface area (Å²) in [6.07, 6.45) is 2.72. The fraction of sp³-hybridized carbons (Fsp3) is 0. The molecule has 1 aromatic carbocycles. The molecule has 2 rings (SSSR count). The molecule has 0 aliphatic carbocycles. The lowest BCUT2D eigenvalue weighted by molar-refractivity contribution is 0.601. The van der Waals surface area contributed by atoms with Crippen LogP contribution in [-0.2, 0) is 10.0 Å². The summed E-state index contributed by atoms with van der Waals surface area (Å²) in [7, 11) is -3.67. The predicted octanol–water partition coefficient (Wildman–Crippen LogP) is 2.69. The summed E-state index contributed by atoms with van der Waals surface area (Å²) in [4.78, 5) is 7.87. The molecule has 0 atom stereocenters. The summed E-state index contributed by atoms with van der Waals surface area (Å²) in [5.41, 5.74) is 0. The van der Waals surface area contributed by atoms with E-state index in [0.29, 0.717) is 9.63 Å². The average molecular weight is 349 g/mol. The van der Waals surface area contributed by atoms with Gasteiger partial charge in [0.25, 0.3) is 10.0 Å². The second-order valence-corrected chi connectivity index (χ2v) is 6.22. The van der Waals surface area contributed by atoms with Gasteiger partial charge in [-0.05, 0) is 40.2 Å². The van der Waals surface area contributed by atoms with Crippen molar-refractivity contribution in [3.8, 4) is 0 Å². The lowest BCUT2D eigenvalue weighted by Crippen LogP contribution is -2.13. The molecule has 0 amide bonds. The van der Waals surface area contributed by atoms with Gasteiger partial charge < -0.3 is 0 Å². The zero-order valence-electron chi connectivity index (χ0n) is 8.84. The molecule has 0 spiro atoms. The van der Waals surface area contributed by atoms with Crippen LogP contribution in [0.25, 0.3) is 0 Å². The Bertz CT molecular complexity index is 644. The number of rotatable bonds is 3. The number of nitrogens with zero attached hydrogens (tertiary/aromatic N) is 2. The van der Waals surface area contributed by atoms with Gasteiger partial charge in [-0.1, -0.05) is 11.6 Å². The van der Waals surface area contributed by atoms with Gasteiger partial charge in [-0.25, -0.2) is 18.4 Å². The molecule has 1 heterocycles. The lowest BCUT2D eigenvalue weighted by Gasteiger charge is -2.06. The van der Waals surface area contributed by atoms with Crippen molar-refractivity contribution in [2.45, 2.75) is 4.90 Å². The third-order valence-electron chi connectivity index (χ3n) is 1.98. The van der Waals surface area contributed by atoms with Crippen molar-refractivity contribution in [1.82, 2.24) is 9.97 Å². The molecule has 2 aromatic rings. The third kappa shape index (κ3) is 3.18.